The van der Waals surface area contributed by atoms with Crippen LogP contribution in [-0.2, 0) is 0 Å². The maximum Gasteiger partial charge on any atom is 0.336 e. The van der Waals surface area contributed by atoms with E-state index in [-0.39, 0.29) is 17.0 Å². The third-order valence-electron chi connectivity index (χ3n) is 2.48. The van der Waals surface area contributed by atoms with Gasteiger partial charge in [-0.25, -0.2) is 9.59 Å². The van der Waals surface area contributed by atoms with Gasteiger partial charge in [-0.1, -0.05) is 19.9 Å². The number of carboxylic acid groups (broad SMARTS) is 2. The molecule has 1 rings (SSSR count). The molecular weight excluding hydrogens is 208 g/mol. The normalized spacial score (nSPS) is 10.5. The van der Waals surface area contributed by atoms with Crippen LogP contribution in [0.3, 0.4) is 0 Å². The summed E-state index contributed by atoms with van der Waals surface area (Å²) >= 11 is 0. The molecule has 0 fully saturated rings. The molecule has 16 heavy (non-hydrogen) atoms. The van der Waals surface area contributed by atoms with Crippen molar-refractivity contribution in [1.82, 2.24) is 0 Å². The van der Waals surface area contributed by atoms with Crippen LogP contribution in [-0.4, -0.2) is 22.2 Å². The van der Waals surface area contributed by atoms with Crippen molar-refractivity contribution in [3.63, 3.8) is 0 Å². The van der Waals surface area contributed by atoms with Gasteiger partial charge < -0.3 is 10.2 Å². The second kappa shape index (κ2) is 4.35. The predicted molar refractivity (Wildman–Crippen MR) is 59.2 cm³/mol. The van der Waals surface area contributed by atoms with Crippen molar-refractivity contribution < 1.29 is 19.8 Å². The molecule has 4 nitrogen and oxygen atoms in total. The average molecular weight is 222 g/mol. The summed E-state index contributed by atoms with van der Waals surface area (Å²) < 4.78 is 0. The summed E-state index contributed by atoms with van der Waals surface area (Å²) in [6.45, 7) is 5.24. The first-order valence-corrected chi connectivity index (χ1v) is 4.96. The number of aromatic carboxylic acids is 2. The number of rotatable bonds is 3. The van der Waals surface area contributed by atoms with Crippen LogP contribution in [0.2, 0.25) is 0 Å². The highest BCUT2D eigenvalue weighted by atomic mass is 16.4. The number of carboxylic acids is 2. The van der Waals surface area contributed by atoms with Crippen molar-refractivity contribution in [1.29, 1.82) is 0 Å². The molecule has 4 heteroatoms. The quantitative estimate of drug-likeness (QED) is 0.824. The molecule has 0 saturated carbocycles. The molecule has 0 spiro atoms. The summed E-state index contributed by atoms with van der Waals surface area (Å²) in [5.41, 5.74) is 1.15. The lowest BCUT2D eigenvalue weighted by atomic mass is 9.89. The molecule has 0 aliphatic rings. The molecule has 0 atom stereocenters. The van der Waals surface area contributed by atoms with Crippen LogP contribution < -0.4 is 0 Å². The topological polar surface area (TPSA) is 74.6 Å². The smallest absolute Gasteiger partial charge is 0.336 e. The Labute approximate surface area is 93.5 Å². The molecule has 0 aromatic heterocycles. The van der Waals surface area contributed by atoms with Crippen LogP contribution in [0.25, 0.3) is 0 Å². The molecule has 0 amide bonds. The van der Waals surface area contributed by atoms with E-state index in [0.29, 0.717) is 11.1 Å². The minimum atomic E-state index is -1.09. The number of hydrogen-bond donors (Lipinski definition) is 2. The Morgan fingerprint density at radius 2 is 1.69 bits per heavy atom. The predicted octanol–water partition coefficient (Wildman–Crippen LogP) is 2.51. The van der Waals surface area contributed by atoms with E-state index in [1.165, 1.54) is 12.1 Å². The summed E-state index contributed by atoms with van der Waals surface area (Å²) in [4.78, 5) is 22.1. The summed E-state index contributed by atoms with van der Waals surface area (Å²) in [6.07, 6.45) is 0. The summed E-state index contributed by atoms with van der Waals surface area (Å²) in [5.74, 6) is -2.31. The van der Waals surface area contributed by atoms with E-state index in [2.05, 4.69) is 0 Å². The van der Waals surface area contributed by atoms with Crippen molar-refractivity contribution in [2.75, 3.05) is 0 Å². The van der Waals surface area contributed by atoms with E-state index in [1.54, 1.807) is 20.8 Å². The van der Waals surface area contributed by atoms with Gasteiger partial charge in [-0.15, -0.1) is 0 Å². The van der Waals surface area contributed by atoms with Crippen LogP contribution in [0.1, 0.15) is 51.6 Å². The maximum atomic E-state index is 11.1. The Morgan fingerprint density at radius 1 is 1.12 bits per heavy atom. The maximum absolute atomic E-state index is 11.1. The lowest BCUT2D eigenvalue weighted by molar-refractivity contribution is 0.0694. The van der Waals surface area contributed by atoms with E-state index < -0.39 is 11.9 Å². The SMILES string of the molecule is Cc1ccc(C(=O)O)c(C(C)C)c1C(=O)O. The van der Waals surface area contributed by atoms with Crippen LogP contribution in [0, 0.1) is 6.92 Å². The summed E-state index contributed by atoms with van der Waals surface area (Å²) in [7, 11) is 0. The lowest BCUT2D eigenvalue weighted by Gasteiger charge is -2.15. The van der Waals surface area contributed by atoms with Crippen molar-refractivity contribution in [3.8, 4) is 0 Å². The van der Waals surface area contributed by atoms with Crippen molar-refractivity contribution in [3.05, 3.63) is 34.4 Å². The van der Waals surface area contributed by atoms with Crippen LogP contribution in [0.5, 0.6) is 0 Å². The second-order valence-corrected chi connectivity index (χ2v) is 3.98. The van der Waals surface area contributed by atoms with Gasteiger partial charge in [0.05, 0.1) is 11.1 Å². The van der Waals surface area contributed by atoms with Gasteiger partial charge in [-0.2, -0.15) is 0 Å². The third kappa shape index (κ3) is 2.05. The first kappa shape index (κ1) is 12.2. The van der Waals surface area contributed by atoms with E-state index in [0.717, 1.165) is 0 Å². The molecule has 0 radical (unpaired) electrons. The van der Waals surface area contributed by atoms with Crippen molar-refractivity contribution >= 4 is 11.9 Å². The van der Waals surface area contributed by atoms with Gasteiger partial charge in [-0.05, 0) is 30.0 Å². The fraction of sp³-hybridized carbons (Fsp3) is 0.333. The molecule has 1 aromatic rings. The zero-order valence-corrected chi connectivity index (χ0v) is 9.44. The van der Waals surface area contributed by atoms with Gasteiger partial charge in [0.1, 0.15) is 0 Å². The molecule has 0 unspecified atom stereocenters. The largest absolute Gasteiger partial charge is 0.478 e. The fourth-order valence-electron chi connectivity index (χ4n) is 1.80. The molecule has 1 aromatic carbocycles. The standard InChI is InChI=1S/C12H14O4/c1-6(2)9-8(11(13)14)5-4-7(3)10(9)12(15)16/h4-6H,1-3H3,(H,13,14)(H,15,16). The van der Waals surface area contributed by atoms with Gasteiger partial charge >= 0.3 is 11.9 Å². The van der Waals surface area contributed by atoms with Gasteiger partial charge in [0, 0.05) is 0 Å². The monoisotopic (exact) mass is 222 g/mol. The first-order valence-electron chi connectivity index (χ1n) is 4.96. The number of benzene rings is 1. The number of hydrogen-bond acceptors (Lipinski definition) is 2. The Balaban J connectivity index is 3.63. The molecule has 86 valence electrons. The van der Waals surface area contributed by atoms with E-state index >= 15 is 0 Å². The Bertz CT molecular complexity index is 447. The van der Waals surface area contributed by atoms with Crippen molar-refractivity contribution in [2.24, 2.45) is 0 Å². The average Bonchev–Trinajstić information content (AvgIpc) is 2.15. The molecule has 0 aliphatic heterocycles. The molecule has 0 aliphatic carbocycles. The lowest BCUT2D eigenvalue weighted by Crippen LogP contribution is -2.13. The zero-order chi connectivity index (χ0) is 12.5. The van der Waals surface area contributed by atoms with Gasteiger partial charge in [0.15, 0.2) is 0 Å². The van der Waals surface area contributed by atoms with E-state index in [4.69, 9.17) is 10.2 Å². The molecule has 0 saturated heterocycles. The summed E-state index contributed by atoms with van der Waals surface area (Å²) in [5, 5.41) is 18.1. The minimum Gasteiger partial charge on any atom is -0.478 e. The van der Waals surface area contributed by atoms with E-state index in [9.17, 15) is 9.59 Å². The van der Waals surface area contributed by atoms with Crippen LogP contribution in [0.4, 0.5) is 0 Å². The van der Waals surface area contributed by atoms with E-state index in [1.807, 2.05) is 0 Å². The van der Waals surface area contributed by atoms with Crippen LogP contribution in [0.15, 0.2) is 12.1 Å². The number of carbonyl (C=O) groups is 2. The highest BCUT2D eigenvalue weighted by Crippen LogP contribution is 2.26. The second-order valence-electron chi connectivity index (χ2n) is 3.98. The Morgan fingerprint density at radius 3 is 2.06 bits per heavy atom. The Hall–Kier alpha value is -1.84. The molecule has 0 bridgehead atoms. The highest BCUT2D eigenvalue weighted by molar-refractivity contribution is 5.98. The molecule has 0 heterocycles. The van der Waals surface area contributed by atoms with Gasteiger partial charge in [-0.3, -0.25) is 0 Å². The Kier molecular flexibility index (Phi) is 3.32. The van der Waals surface area contributed by atoms with Crippen LogP contribution >= 0.6 is 0 Å². The molecular formula is C12H14O4. The van der Waals surface area contributed by atoms with Gasteiger partial charge in [0.25, 0.3) is 0 Å². The number of aryl methyl sites for hydroxylation is 1. The molecule has 2 N–H and O–H groups in total. The summed E-state index contributed by atoms with van der Waals surface area (Å²) in [6, 6.07) is 2.98. The third-order valence-corrected chi connectivity index (χ3v) is 2.48. The van der Waals surface area contributed by atoms with Crippen molar-refractivity contribution in [2.45, 2.75) is 26.7 Å². The first-order chi connectivity index (χ1) is 7.36. The zero-order valence-electron chi connectivity index (χ0n) is 9.44. The minimum absolute atomic E-state index is 0.0676. The highest BCUT2D eigenvalue weighted by Gasteiger charge is 2.22. The fourth-order valence-corrected chi connectivity index (χ4v) is 1.80. The van der Waals surface area contributed by atoms with Gasteiger partial charge in [0.2, 0.25) is 0 Å².